The van der Waals surface area contributed by atoms with Gasteiger partial charge in [-0.2, -0.15) is 0 Å². The average molecular weight is 1450 g/mol. The van der Waals surface area contributed by atoms with Crippen molar-refractivity contribution in [2.75, 3.05) is 66.7 Å². The Morgan fingerprint density at radius 3 is 1.32 bits per heavy atom. The maximum Gasteiger partial charge on any atom is 0.410 e. The Hall–Kier alpha value is -6.32. The smallest absolute Gasteiger partial charge is 0.410 e. The van der Waals surface area contributed by atoms with Crippen LogP contribution < -0.4 is 5.32 Å². The van der Waals surface area contributed by atoms with Crippen molar-refractivity contribution in [3.63, 3.8) is 0 Å². The maximum atomic E-state index is 14.4. The molecule has 3 heterocycles. The third kappa shape index (κ3) is 21.6. The van der Waals surface area contributed by atoms with Gasteiger partial charge < -0.3 is 49.0 Å². The maximum absolute atomic E-state index is 14.4. The number of carbonyl (C=O) groups is 8. The molecule has 2 N–H and O–H groups in total. The van der Waals surface area contributed by atoms with Crippen LogP contribution in [-0.4, -0.2) is 162 Å². The van der Waals surface area contributed by atoms with E-state index in [9.17, 15) is 43.5 Å². The summed E-state index contributed by atoms with van der Waals surface area (Å²) in [6, 6.07) is 9.29. The molecule has 10 rings (SSSR count). The van der Waals surface area contributed by atoms with Crippen LogP contribution in [0.4, 0.5) is 9.59 Å². The number of aliphatic carboxylic acids is 1. The number of ether oxygens (including phenoxy) is 4. The molecule has 4 amide bonds. The van der Waals surface area contributed by atoms with Crippen LogP contribution >= 0.6 is 31.9 Å². The van der Waals surface area contributed by atoms with Gasteiger partial charge in [0.05, 0.1) is 17.8 Å². The van der Waals surface area contributed by atoms with E-state index in [2.05, 4.69) is 86.3 Å². The number of piperidine rings is 3. The van der Waals surface area contributed by atoms with Crippen LogP contribution in [0.15, 0.2) is 105 Å². The first-order chi connectivity index (χ1) is 45.6. The molecule has 3 saturated heterocycles. The minimum atomic E-state index is -0.962. The van der Waals surface area contributed by atoms with E-state index >= 15 is 0 Å². The third-order valence-electron chi connectivity index (χ3n) is 19.0. The second-order valence-corrected chi connectivity index (χ2v) is 30.6. The molecule has 5 fully saturated rings. The molecule has 18 nitrogen and oxygen atoms in total. The van der Waals surface area contributed by atoms with E-state index in [1.165, 1.54) is 38.8 Å². The van der Waals surface area contributed by atoms with Gasteiger partial charge in [-0.1, -0.05) is 80.4 Å². The number of aryl methyl sites for hydroxylation is 2. The van der Waals surface area contributed by atoms with Crippen LogP contribution in [0.2, 0.25) is 0 Å². The number of carboxylic acid groups (broad SMARTS) is 1. The fraction of sp³-hybridized carbons (Fsp3) is 0.579. The van der Waals surface area contributed by atoms with Crippen molar-refractivity contribution in [1.82, 2.24) is 24.9 Å². The van der Waals surface area contributed by atoms with Crippen molar-refractivity contribution in [1.29, 1.82) is 0 Å². The number of methoxy groups -OCH3 is 2. The van der Waals surface area contributed by atoms with E-state index in [1.807, 2.05) is 50.0 Å². The predicted molar refractivity (Wildman–Crippen MR) is 377 cm³/mol. The summed E-state index contributed by atoms with van der Waals surface area (Å²) in [6.45, 7) is 20.6. The molecule has 3 unspecified atom stereocenters. The molecule has 20 heteroatoms. The summed E-state index contributed by atoms with van der Waals surface area (Å²) in [4.78, 5) is 108. The summed E-state index contributed by atoms with van der Waals surface area (Å²) < 4.78 is 23.6. The van der Waals surface area contributed by atoms with Gasteiger partial charge in [0.1, 0.15) is 11.2 Å². The van der Waals surface area contributed by atoms with Gasteiger partial charge >= 0.3 is 18.2 Å². The van der Waals surface area contributed by atoms with Crippen LogP contribution in [0.5, 0.6) is 0 Å². The van der Waals surface area contributed by atoms with E-state index in [0.29, 0.717) is 77.5 Å². The highest BCUT2D eigenvalue weighted by Crippen LogP contribution is 2.41. The van der Waals surface area contributed by atoms with Gasteiger partial charge in [-0.05, 0) is 225 Å². The van der Waals surface area contributed by atoms with Crippen molar-refractivity contribution in [2.24, 2.45) is 35.5 Å². The Bertz CT molecular complexity index is 3380. The number of carboxylic acids is 1. The number of likely N-dealkylation sites (tertiary alicyclic amines) is 2. The normalized spacial score (nSPS) is 22.8. The van der Waals surface area contributed by atoms with Gasteiger partial charge in [0.25, 0.3) is 0 Å². The lowest BCUT2D eigenvalue weighted by atomic mass is 9.77. The number of halogens is 2. The van der Waals surface area contributed by atoms with E-state index in [4.69, 9.17) is 18.9 Å². The SMILES string of the molecule is CC(C)(C)OC(=O)N1CCC(C2=CC(=O)CC=C2)[C@@H](C(=O)O)C1.COCCCc1cc(CN(C(=O)[C@H]2CN(C(=O)OC(C)(C)C)CCC2C2=CC(=O)CC=C2)C2CC2)cc(Br)c1C.COCCCc1cc(CN(C(=O)[C@H]2CNCCC2C2=CC(=O)CC=C2)C2CC2)cc(Br)c1C. The second kappa shape index (κ2) is 34.4. The van der Waals surface area contributed by atoms with E-state index in [0.717, 1.165) is 102 Å². The molecule has 2 aromatic rings. The molecule has 0 aromatic heterocycles. The Kier molecular flexibility index (Phi) is 27.1. The van der Waals surface area contributed by atoms with Gasteiger partial charge in [-0.3, -0.25) is 28.8 Å². The van der Waals surface area contributed by atoms with Crippen molar-refractivity contribution in [2.45, 2.75) is 182 Å². The van der Waals surface area contributed by atoms with E-state index in [-0.39, 0.29) is 72.0 Å². The largest absolute Gasteiger partial charge is 0.481 e. The second-order valence-electron chi connectivity index (χ2n) is 28.9. The van der Waals surface area contributed by atoms with Gasteiger partial charge in [0, 0.05) is 119 Å². The first-order valence-corrected chi connectivity index (χ1v) is 36.0. The molecular weight excluding hydrogens is 1350 g/mol. The Morgan fingerprint density at radius 2 is 0.948 bits per heavy atom. The minimum absolute atomic E-state index is 0.0128. The zero-order chi connectivity index (χ0) is 69.6. The number of hydrogen-bond donors (Lipinski definition) is 2. The minimum Gasteiger partial charge on any atom is -0.481 e. The number of ketones is 3. The number of nitrogens with zero attached hydrogens (tertiary/aromatic N) is 4. The number of hydrogen-bond acceptors (Lipinski definition) is 13. The topological polar surface area (TPSA) is 219 Å². The molecule has 6 atom stereocenters. The standard InChI is InChI=1S/C32H43BrN2O5.C27H35BrN2O3.C17H23NO5/c1-21-23(9-7-15-39-5)16-22(17-29(21)33)19-35(25-11-12-25)30(37)28-20-34(31(38)40-32(2,3)4)14-13-27(28)24-8-6-10-26(36)18-24;1-18-20(6-4-12-33-2)13-19(14-26(18)28)17-30(22-8-9-22)27(32)25-16-29-11-10-24(25)21-5-3-7-23(31)15-21;1-17(2,3)23-16(22)18-8-7-13(14(10-18)15(20)21)11-5-4-6-12(19)9-11/h6,8,16-18,25,27-28H,7,9-15,19-20H2,1-5H3;3,5,13-15,22,24-25,29H,4,6-12,16-17H2,1-2H3;4-5,9,13-14H,6-8,10H2,1-3H3,(H,20,21)/t27?,28-;24?,25-;13?,14-/m000/s1. The molecule has 5 aliphatic carbocycles. The van der Waals surface area contributed by atoms with Crippen LogP contribution in [0.3, 0.4) is 0 Å². The van der Waals surface area contributed by atoms with Gasteiger partial charge in [-0.15, -0.1) is 0 Å². The fourth-order valence-electron chi connectivity index (χ4n) is 13.7. The van der Waals surface area contributed by atoms with Crippen LogP contribution in [0.25, 0.3) is 0 Å². The van der Waals surface area contributed by atoms with Crippen LogP contribution in [0, 0.1) is 49.4 Å². The van der Waals surface area contributed by atoms with Crippen molar-refractivity contribution in [3.8, 4) is 0 Å². The van der Waals surface area contributed by atoms with Gasteiger partial charge in [0.2, 0.25) is 11.8 Å². The van der Waals surface area contributed by atoms with Crippen molar-refractivity contribution in [3.05, 3.63) is 138 Å². The molecule has 8 aliphatic rings. The van der Waals surface area contributed by atoms with Gasteiger partial charge in [-0.25, -0.2) is 9.59 Å². The lowest BCUT2D eigenvalue weighted by molar-refractivity contribution is -0.145. The summed E-state index contributed by atoms with van der Waals surface area (Å²) in [5, 5.41) is 12.9. The first-order valence-electron chi connectivity index (χ1n) is 34.4. The Labute approximate surface area is 585 Å². The molecule has 3 aliphatic heterocycles. The molecule has 2 saturated carbocycles. The molecule has 2 aromatic carbocycles. The molecule has 96 heavy (non-hydrogen) atoms. The molecular formula is C76H101Br2N5O13. The number of nitrogens with one attached hydrogen (secondary N) is 1. The quantitative estimate of drug-likeness (QED) is 0.118. The summed E-state index contributed by atoms with van der Waals surface area (Å²) >= 11 is 7.48. The third-order valence-corrected chi connectivity index (χ3v) is 20.6. The predicted octanol–water partition coefficient (Wildman–Crippen LogP) is 13.1. The number of rotatable bonds is 20. The number of benzene rings is 2. The van der Waals surface area contributed by atoms with E-state index < -0.39 is 41.2 Å². The summed E-state index contributed by atoms with van der Waals surface area (Å²) in [5.41, 5.74) is 8.75. The van der Waals surface area contributed by atoms with Crippen molar-refractivity contribution < 1.29 is 62.4 Å². The van der Waals surface area contributed by atoms with Crippen LogP contribution in [-0.2, 0) is 73.6 Å². The Balaban J connectivity index is 0.000000191. The lowest BCUT2D eigenvalue weighted by Crippen LogP contribution is -2.52. The zero-order valence-corrected chi connectivity index (χ0v) is 61.2. The number of amides is 4. The highest BCUT2D eigenvalue weighted by Gasteiger charge is 2.45. The molecule has 0 radical (unpaired) electrons. The average Bonchev–Trinajstić information content (AvgIpc) is 1.57. The van der Waals surface area contributed by atoms with Crippen LogP contribution in [0.1, 0.15) is 152 Å². The summed E-state index contributed by atoms with van der Waals surface area (Å²) in [6.07, 6.45) is 26.7. The highest BCUT2D eigenvalue weighted by molar-refractivity contribution is 9.10. The highest BCUT2D eigenvalue weighted by atomic mass is 79.9. The molecule has 522 valence electrons. The zero-order valence-electron chi connectivity index (χ0n) is 58.0. The Morgan fingerprint density at radius 1 is 0.562 bits per heavy atom. The van der Waals surface area contributed by atoms with Gasteiger partial charge in [0.15, 0.2) is 17.3 Å². The lowest BCUT2D eigenvalue weighted by Gasteiger charge is -2.41. The van der Waals surface area contributed by atoms with Crippen molar-refractivity contribution >= 4 is 79.2 Å². The first kappa shape index (κ1) is 75.5. The molecule has 0 spiro atoms. The fourth-order valence-corrected chi connectivity index (χ4v) is 14.8. The van der Waals surface area contributed by atoms with E-state index in [1.54, 1.807) is 58.1 Å². The number of allylic oxidation sites excluding steroid dienone is 12. The monoisotopic (exact) mass is 1450 g/mol. The number of carbonyl (C=O) groups excluding carboxylic acids is 7. The summed E-state index contributed by atoms with van der Waals surface area (Å²) in [5.74, 6) is -2.09. The molecule has 0 bridgehead atoms. The summed E-state index contributed by atoms with van der Waals surface area (Å²) in [7, 11) is 3.45.